The maximum atomic E-state index is 10.8. The molecule has 0 aliphatic rings. The fraction of sp³-hybridized carbons (Fsp3) is 0.318. The summed E-state index contributed by atoms with van der Waals surface area (Å²) in [6.45, 7) is 5.55. The summed E-state index contributed by atoms with van der Waals surface area (Å²) >= 11 is 0. The summed E-state index contributed by atoms with van der Waals surface area (Å²) in [4.78, 5) is 9.14. The van der Waals surface area contributed by atoms with Crippen molar-refractivity contribution in [1.29, 1.82) is 0 Å². The van der Waals surface area contributed by atoms with E-state index in [1.165, 1.54) is 0 Å². The number of ether oxygens (including phenoxy) is 3. The molecule has 0 amide bonds. The van der Waals surface area contributed by atoms with Gasteiger partial charge in [-0.15, -0.1) is 0 Å². The van der Waals surface area contributed by atoms with Gasteiger partial charge < -0.3 is 19.3 Å². The van der Waals surface area contributed by atoms with E-state index >= 15 is 0 Å². The van der Waals surface area contributed by atoms with Crippen LogP contribution in [0.25, 0.3) is 27.8 Å². The molecule has 4 rings (SSSR count). The molecule has 4 heterocycles. The summed E-state index contributed by atoms with van der Waals surface area (Å²) < 4.78 is 19.5. The minimum Gasteiger partial charge on any atom is -0.494 e. The van der Waals surface area contributed by atoms with Gasteiger partial charge in [0.05, 0.1) is 42.2 Å². The number of aryl methyl sites for hydroxylation is 2. The van der Waals surface area contributed by atoms with Gasteiger partial charge in [-0.1, -0.05) is 0 Å². The molecule has 162 valence electrons. The zero-order valence-electron chi connectivity index (χ0n) is 18.0. The van der Waals surface area contributed by atoms with Crippen molar-refractivity contribution < 1.29 is 19.3 Å². The number of nitrogens with zero attached hydrogens (tertiary/aromatic N) is 5. The molecule has 0 aliphatic carbocycles. The molecule has 0 radical (unpaired) electrons. The van der Waals surface area contributed by atoms with Crippen LogP contribution in [-0.2, 0) is 11.3 Å². The monoisotopic (exact) mass is 423 g/mol. The van der Waals surface area contributed by atoms with Crippen LogP contribution in [0.3, 0.4) is 0 Å². The Morgan fingerprint density at radius 1 is 1.10 bits per heavy atom. The fourth-order valence-corrected chi connectivity index (χ4v) is 3.43. The second kappa shape index (κ2) is 8.65. The minimum absolute atomic E-state index is 0.139. The number of rotatable bonds is 8. The molecule has 0 fully saturated rings. The van der Waals surface area contributed by atoms with E-state index in [4.69, 9.17) is 19.2 Å². The van der Waals surface area contributed by atoms with Crippen molar-refractivity contribution in [2.45, 2.75) is 20.4 Å². The molecule has 0 atom stereocenters. The highest BCUT2D eigenvalue weighted by Crippen LogP contribution is 2.35. The van der Waals surface area contributed by atoms with Crippen LogP contribution in [0.4, 0.5) is 0 Å². The van der Waals surface area contributed by atoms with Crippen molar-refractivity contribution in [3.05, 3.63) is 42.5 Å². The molecule has 0 aliphatic heterocycles. The molecule has 4 aromatic heterocycles. The van der Waals surface area contributed by atoms with Crippen molar-refractivity contribution in [3.63, 3.8) is 0 Å². The zero-order chi connectivity index (χ0) is 22.0. The van der Waals surface area contributed by atoms with Crippen LogP contribution in [0.5, 0.6) is 17.5 Å². The zero-order valence-corrected chi connectivity index (χ0v) is 18.0. The van der Waals surface area contributed by atoms with Gasteiger partial charge in [0.1, 0.15) is 6.61 Å². The van der Waals surface area contributed by atoms with Crippen molar-refractivity contribution in [2.75, 3.05) is 27.4 Å². The van der Waals surface area contributed by atoms with E-state index < -0.39 is 0 Å². The summed E-state index contributed by atoms with van der Waals surface area (Å²) in [5.41, 5.74) is 3.86. The van der Waals surface area contributed by atoms with E-state index in [9.17, 15) is 5.11 Å². The second-order valence-corrected chi connectivity index (χ2v) is 7.03. The number of aromatic nitrogens is 5. The summed E-state index contributed by atoms with van der Waals surface area (Å²) in [6.07, 6.45) is 7.10. The molecule has 0 saturated heterocycles. The Bertz CT molecular complexity index is 1210. The third-order valence-electron chi connectivity index (χ3n) is 5.03. The Morgan fingerprint density at radius 2 is 1.94 bits per heavy atom. The molecular weight excluding hydrogens is 398 g/mol. The molecule has 1 N–H and O–H groups in total. The predicted molar refractivity (Wildman–Crippen MR) is 116 cm³/mol. The van der Waals surface area contributed by atoms with Gasteiger partial charge in [-0.25, -0.2) is 9.97 Å². The highest BCUT2D eigenvalue weighted by atomic mass is 16.5. The number of hydrogen-bond acceptors (Lipinski definition) is 7. The van der Waals surface area contributed by atoms with Crippen LogP contribution < -0.4 is 9.47 Å². The van der Waals surface area contributed by atoms with E-state index in [2.05, 4.69) is 10.1 Å². The van der Waals surface area contributed by atoms with E-state index in [-0.39, 0.29) is 5.88 Å². The van der Waals surface area contributed by atoms with Crippen molar-refractivity contribution in [1.82, 2.24) is 24.3 Å². The summed E-state index contributed by atoms with van der Waals surface area (Å²) in [5, 5.41) is 15.8. The average Bonchev–Trinajstić information content (AvgIpc) is 3.38. The Morgan fingerprint density at radius 3 is 2.65 bits per heavy atom. The molecule has 4 aromatic rings. The van der Waals surface area contributed by atoms with Gasteiger partial charge in [0.2, 0.25) is 5.88 Å². The van der Waals surface area contributed by atoms with Crippen molar-refractivity contribution in [3.8, 4) is 34.5 Å². The molecule has 0 aromatic carbocycles. The van der Waals surface area contributed by atoms with Crippen LogP contribution >= 0.6 is 0 Å². The first-order chi connectivity index (χ1) is 15.0. The highest BCUT2D eigenvalue weighted by Gasteiger charge is 2.17. The maximum Gasteiger partial charge on any atom is 0.257 e. The first kappa shape index (κ1) is 20.7. The molecule has 0 saturated carbocycles. The van der Waals surface area contributed by atoms with Crippen molar-refractivity contribution in [2.24, 2.45) is 0 Å². The first-order valence-corrected chi connectivity index (χ1v) is 9.96. The average molecular weight is 423 g/mol. The predicted octanol–water partition coefficient (Wildman–Crippen LogP) is 3.35. The van der Waals surface area contributed by atoms with Crippen LogP contribution in [0.2, 0.25) is 0 Å². The lowest BCUT2D eigenvalue weighted by atomic mass is 10.1. The van der Waals surface area contributed by atoms with Crippen LogP contribution in [0, 0.1) is 6.92 Å². The first-order valence-electron chi connectivity index (χ1n) is 9.96. The Kier molecular flexibility index (Phi) is 5.77. The summed E-state index contributed by atoms with van der Waals surface area (Å²) in [5.74, 6) is 1.05. The lowest BCUT2D eigenvalue weighted by Crippen LogP contribution is -2.06. The molecule has 9 nitrogen and oxygen atoms in total. The highest BCUT2D eigenvalue weighted by molar-refractivity contribution is 5.90. The minimum atomic E-state index is 0.139. The van der Waals surface area contributed by atoms with Gasteiger partial charge >= 0.3 is 0 Å². The van der Waals surface area contributed by atoms with Gasteiger partial charge in [0, 0.05) is 37.8 Å². The maximum absolute atomic E-state index is 10.8. The largest absolute Gasteiger partial charge is 0.494 e. The van der Waals surface area contributed by atoms with Gasteiger partial charge in [-0.05, 0) is 31.5 Å². The number of methoxy groups -OCH3 is 2. The van der Waals surface area contributed by atoms with Crippen molar-refractivity contribution >= 4 is 10.9 Å². The smallest absolute Gasteiger partial charge is 0.257 e. The standard InChI is InChI=1S/C22H25N5O4/c1-5-26-12-16(11-24-26)27-13-18-20(22(27)28)14(2)8-17(25-18)15-9-19(30-4)21(23-10-15)31-7-6-29-3/h8-13,28H,5-7H2,1-4H3. The second-order valence-electron chi connectivity index (χ2n) is 7.03. The number of aromatic hydroxyl groups is 1. The summed E-state index contributed by atoms with van der Waals surface area (Å²) in [6, 6.07) is 3.76. The number of hydrogen-bond donors (Lipinski definition) is 1. The van der Waals surface area contributed by atoms with E-state index in [1.807, 2.05) is 38.4 Å². The third kappa shape index (κ3) is 3.91. The molecule has 31 heavy (non-hydrogen) atoms. The molecular formula is C22H25N5O4. The fourth-order valence-electron chi connectivity index (χ4n) is 3.43. The SMILES string of the molecule is CCn1cc(-n2cc3nc(-c4cnc(OCCOC)c(OC)c4)cc(C)c3c2O)cn1. The number of fused-ring (bicyclic) bond motifs is 1. The summed E-state index contributed by atoms with van der Waals surface area (Å²) in [7, 11) is 3.18. The lowest BCUT2D eigenvalue weighted by Gasteiger charge is -2.11. The van der Waals surface area contributed by atoms with E-state index in [0.717, 1.165) is 29.1 Å². The Hall–Kier alpha value is -3.59. The molecule has 0 bridgehead atoms. The van der Waals surface area contributed by atoms with Crippen LogP contribution in [-0.4, -0.2) is 56.9 Å². The third-order valence-corrected chi connectivity index (χ3v) is 5.03. The Labute approximate surface area is 179 Å². The molecule has 0 spiro atoms. The van der Waals surface area contributed by atoms with E-state index in [1.54, 1.807) is 35.9 Å². The normalized spacial score (nSPS) is 11.2. The van der Waals surface area contributed by atoms with Gasteiger partial charge in [0.15, 0.2) is 5.75 Å². The molecule has 0 unspecified atom stereocenters. The van der Waals surface area contributed by atoms with Gasteiger partial charge in [-0.3, -0.25) is 9.25 Å². The number of pyridine rings is 2. The van der Waals surface area contributed by atoms with E-state index in [0.29, 0.717) is 35.7 Å². The van der Waals surface area contributed by atoms with Crippen LogP contribution in [0.1, 0.15) is 12.5 Å². The van der Waals surface area contributed by atoms with Gasteiger partial charge in [0.25, 0.3) is 5.88 Å². The molecule has 9 heteroatoms. The Balaban J connectivity index is 1.73. The lowest BCUT2D eigenvalue weighted by molar-refractivity contribution is 0.141. The topological polar surface area (TPSA) is 96.5 Å². The van der Waals surface area contributed by atoms with Gasteiger partial charge in [-0.2, -0.15) is 5.10 Å². The quantitative estimate of drug-likeness (QED) is 0.434. The van der Waals surface area contributed by atoms with Crippen LogP contribution in [0.15, 0.2) is 36.9 Å².